The molecule has 6 nitrogen and oxygen atoms in total. The molecule has 0 bridgehead atoms. The monoisotopic (exact) mass is 470 g/mol. The number of hydrogen-bond donors (Lipinski definition) is 1. The highest BCUT2D eigenvalue weighted by molar-refractivity contribution is 7.98. The van der Waals surface area contributed by atoms with Gasteiger partial charge in [-0.1, -0.05) is 59.2 Å². The van der Waals surface area contributed by atoms with Crippen molar-refractivity contribution in [2.45, 2.75) is 25.1 Å². The number of rotatable bonds is 9. The second kappa shape index (κ2) is 11.5. The SMILES string of the molecule is O=C(NCCSCc1ccccc1)C1CCN(Cc2nc(-c3ccccc3Cl)no2)CC1. The van der Waals surface area contributed by atoms with Crippen molar-refractivity contribution < 1.29 is 9.32 Å². The number of nitrogens with one attached hydrogen (secondary N) is 1. The van der Waals surface area contributed by atoms with Gasteiger partial charge in [0.1, 0.15) is 0 Å². The molecule has 3 aromatic rings. The predicted molar refractivity (Wildman–Crippen MR) is 128 cm³/mol. The first-order valence-electron chi connectivity index (χ1n) is 10.9. The van der Waals surface area contributed by atoms with Crippen molar-refractivity contribution in [3.05, 3.63) is 71.1 Å². The van der Waals surface area contributed by atoms with E-state index in [0.29, 0.717) is 29.8 Å². The van der Waals surface area contributed by atoms with Crippen molar-refractivity contribution in [3.8, 4) is 11.4 Å². The number of thioether (sulfide) groups is 1. The van der Waals surface area contributed by atoms with Gasteiger partial charge in [0.25, 0.3) is 0 Å². The first kappa shape index (κ1) is 22.8. The highest BCUT2D eigenvalue weighted by atomic mass is 35.5. The molecule has 1 saturated heterocycles. The van der Waals surface area contributed by atoms with Crippen molar-refractivity contribution in [2.24, 2.45) is 5.92 Å². The van der Waals surface area contributed by atoms with Gasteiger partial charge in [0, 0.05) is 29.5 Å². The minimum atomic E-state index is 0.0757. The fourth-order valence-electron chi connectivity index (χ4n) is 3.77. The highest BCUT2D eigenvalue weighted by Gasteiger charge is 2.26. The summed E-state index contributed by atoms with van der Waals surface area (Å²) < 4.78 is 5.42. The standard InChI is InChI=1S/C24H27ClN4O2S/c25-21-9-5-4-8-20(21)23-27-22(31-28-23)16-29-13-10-19(11-14-29)24(30)26-12-15-32-17-18-6-2-1-3-7-18/h1-9,19H,10-17H2,(H,26,30). The minimum absolute atomic E-state index is 0.0757. The molecule has 0 saturated carbocycles. The summed E-state index contributed by atoms with van der Waals surface area (Å²) in [5, 5.41) is 7.76. The zero-order valence-corrected chi connectivity index (χ0v) is 19.4. The second-order valence-electron chi connectivity index (χ2n) is 7.87. The molecule has 1 amide bonds. The quantitative estimate of drug-likeness (QED) is 0.459. The first-order chi connectivity index (χ1) is 15.7. The van der Waals surface area contributed by atoms with Gasteiger partial charge >= 0.3 is 0 Å². The van der Waals surface area contributed by atoms with Crippen molar-refractivity contribution in [1.29, 1.82) is 0 Å². The molecular formula is C24H27ClN4O2S. The number of carbonyl (C=O) groups excluding carboxylic acids is 1. The molecule has 1 aliphatic rings. The number of piperidine rings is 1. The van der Waals surface area contributed by atoms with Gasteiger partial charge in [-0.05, 0) is 43.6 Å². The number of benzene rings is 2. The number of aromatic nitrogens is 2. The number of carbonyl (C=O) groups is 1. The van der Waals surface area contributed by atoms with E-state index in [2.05, 4.69) is 44.6 Å². The van der Waals surface area contributed by atoms with Crippen LogP contribution in [-0.2, 0) is 17.1 Å². The maximum absolute atomic E-state index is 12.5. The molecule has 1 fully saturated rings. The molecular weight excluding hydrogens is 444 g/mol. The Kier molecular flexibility index (Phi) is 8.20. The van der Waals surface area contributed by atoms with Crippen LogP contribution in [-0.4, -0.2) is 46.3 Å². The smallest absolute Gasteiger partial charge is 0.241 e. The zero-order valence-electron chi connectivity index (χ0n) is 17.9. The van der Waals surface area contributed by atoms with Gasteiger partial charge in [-0.3, -0.25) is 9.69 Å². The van der Waals surface area contributed by atoms with Crippen LogP contribution in [0.3, 0.4) is 0 Å². The van der Waals surface area contributed by atoms with E-state index in [1.165, 1.54) is 5.56 Å². The lowest BCUT2D eigenvalue weighted by atomic mass is 9.96. The van der Waals surface area contributed by atoms with Gasteiger partial charge in [0.15, 0.2) is 0 Å². The molecule has 1 aromatic heterocycles. The molecule has 32 heavy (non-hydrogen) atoms. The summed E-state index contributed by atoms with van der Waals surface area (Å²) in [4.78, 5) is 19.2. The molecule has 0 spiro atoms. The first-order valence-corrected chi connectivity index (χ1v) is 12.4. The molecule has 1 aliphatic heterocycles. The topological polar surface area (TPSA) is 71.3 Å². The van der Waals surface area contributed by atoms with Gasteiger partial charge in [0.05, 0.1) is 11.6 Å². The fourth-order valence-corrected chi connectivity index (χ4v) is 4.81. The van der Waals surface area contributed by atoms with Gasteiger partial charge in [-0.15, -0.1) is 0 Å². The Hall–Kier alpha value is -2.35. The molecule has 8 heteroatoms. The molecule has 2 heterocycles. The van der Waals surface area contributed by atoms with E-state index in [4.69, 9.17) is 16.1 Å². The third kappa shape index (κ3) is 6.34. The summed E-state index contributed by atoms with van der Waals surface area (Å²) in [6, 6.07) is 17.9. The maximum Gasteiger partial charge on any atom is 0.241 e. The Balaban J connectivity index is 1.15. The molecule has 0 radical (unpaired) electrons. The Morgan fingerprint density at radius 1 is 1.12 bits per heavy atom. The molecule has 0 atom stereocenters. The molecule has 4 rings (SSSR count). The average molecular weight is 471 g/mol. The van der Waals surface area contributed by atoms with Crippen LogP contribution in [0.15, 0.2) is 59.1 Å². The van der Waals surface area contributed by atoms with E-state index in [1.54, 1.807) is 0 Å². The number of halogens is 1. The van der Waals surface area contributed by atoms with E-state index in [0.717, 1.165) is 43.0 Å². The van der Waals surface area contributed by atoms with E-state index in [1.807, 2.05) is 42.1 Å². The van der Waals surface area contributed by atoms with E-state index in [9.17, 15) is 4.79 Å². The van der Waals surface area contributed by atoms with Gasteiger partial charge in [0.2, 0.25) is 17.6 Å². The van der Waals surface area contributed by atoms with Crippen molar-refractivity contribution in [3.63, 3.8) is 0 Å². The summed E-state index contributed by atoms with van der Waals surface area (Å²) in [5.41, 5.74) is 2.08. The van der Waals surface area contributed by atoms with Crippen LogP contribution in [0.2, 0.25) is 5.02 Å². The molecule has 2 aromatic carbocycles. The Morgan fingerprint density at radius 2 is 1.88 bits per heavy atom. The fraction of sp³-hybridized carbons (Fsp3) is 0.375. The molecule has 0 aliphatic carbocycles. The number of likely N-dealkylation sites (tertiary alicyclic amines) is 1. The van der Waals surface area contributed by atoms with Gasteiger partial charge in [-0.25, -0.2) is 0 Å². The summed E-state index contributed by atoms with van der Waals surface area (Å²) in [5.74, 6) is 3.21. The number of amides is 1. The predicted octanol–water partition coefficient (Wildman–Crippen LogP) is 4.65. The molecule has 0 unspecified atom stereocenters. The third-order valence-electron chi connectivity index (χ3n) is 5.56. The third-order valence-corrected chi connectivity index (χ3v) is 6.92. The number of hydrogen-bond acceptors (Lipinski definition) is 6. The van der Waals surface area contributed by atoms with Crippen LogP contribution < -0.4 is 5.32 Å². The number of nitrogens with zero attached hydrogens (tertiary/aromatic N) is 3. The van der Waals surface area contributed by atoms with E-state index in [-0.39, 0.29) is 11.8 Å². The van der Waals surface area contributed by atoms with Crippen LogP contribution >= 0.6 is 23.4 Å². The van der Waals surface area contributed by atoms with Gasteiger partial charge < -0.3 is 9.84 Å². The molecule has 168 valence electrons. The minimum Gasteiger partial charge on any atom is -0.355 e. The Bertz CT molecular complexity index is 1010. The van der Waals surface area contributed by atoms with E-state index >= 15 is 0 Å². The average Bonchev–Trinajstić information content (AvgIpc) is 3.28. The van der Waals surface area contributed by atoms with Gasteiger partial charge in [-0.2, -0.15) is 16.7 Å². The summed E-state index contributed by atoms with van der Waals surface area (Å²) in [6.07, 6.45) is 1.68. The second-order valence-corrected chi connectivity index (χ2v) is 9.38. The largest absolute Gasteiger partial charge is 0.355 e. The summed E-state index contributed by atoms with van der Waals surface area (Å²) >= 11 is 8.06. The normalized spacial score (nSPS) is 15.0. The van der Waals surface area contributed by atoms with Crippen LogP contribution in [0.5, 0.6) is 0 Å². The Labute approximate surface area is 197 Å². The van der Waals surface area contributed by atoms with E-state index < -0.39 is 0 Å². The van der Waals surface area contributed by atoms with Crippen LogP contribution in [0, 0.1) is 5.92 Å². The van der Waals surface area contributed by atoms with Crippen molar-refractivity contribution in [2.75, 3.05) is 25.4 Å². The van der Waals surface area contributed by atoms with Crippen LogP contribution in [0.4, 0.5) is 0 Å². The highest BCUT2D eigenvalue weighted by Crippen LogP contribution is 2.25. The lowest BCUT2D eigenvalue weighted by Crippen LogP contribution is -2.40. The molecule has 1 N–H and O–H groups in total. The summed E-state index contributed by atoms with van der Waals surface area (Å²) in [7, 11) is 0. The van der Waals surface area contributed by atoms with Crippen LogP contribution in [0.25, 0.3) is 11.4 Å². The lowest BCUT2D eigenvalue weighted by Gasteiger charge is -2.30. The summed E-state index contributed by atoms with van der Waals surface area (Å²) in [6.45, 7) is 2.97. The zero-order chi connectivity index (χ0) is 22.2. The Morgan fingerprint density at radius 3 is 2.66 bits per heavy atom. The lowest BCUT2D eigenvalue weighted by molar-refractivity contribution is -0.126. The van der Waals surface area contributed by atoms with Crippen molar-refractivity contribution >= 4 is 29.3 Å². The van der Waals surface area contributed by atoms with Crippen LogP contribution in [0.1, 0.15) is 24.3 Å². The maximum atomic E-state index is 12.5. The van der Waals surface area contributed by atoms with Crippen molar-refractivity contribution in [1.82, 2.24) is 20.4 Å².